The van der Waals surface area contributed by atoms with Gasteiger partial charge in [-0.15, -0.1) is 11.3 Å². The lowest BCUT2D eigenvalue weighted by atomic mass is 10.0. The minimum atomic E-state index is -0.930. The van der Waals surface area contributed by atoms with Crippen LogP contribution in [0.5, 0.6) is 0 Å². The molecule has 160 valence electrons. The molecule has 1 N–H and O–H groups in total. The molecule has 7 heteroatoms. The predicted molar refractivity (Wildman–Crippen MR) is 119 cm³/mol. The fourth-order valence-corrected chi connectivity index (χ4v) is 5.65. The van der Waals surface area contributed by atoms with E-state index in [0.29, 0.717) is 28.1 Å². The van der Waals surface area contributed by atoms with Gasteiger partial charge < -0.3 is 5.32 Å². The van der Waals surface area contributed by atoms with Crippen LogP contribution < -0.4 is 5.32 Å². The molecule has 2 aromatic rings. The first-order valence-corrected chi connectivity index (χ1v) is 11.6. The minimum absolute atomic E-state index is 0.0931. The van der Waals surface area contributed by atoms with Crippen molar-refractivity contribution in [1.82, 2.24) is 4.90 Å². The van der Waals surface area contributed by atoms with Crippen molar-refractivity contribution in [3.8, 4) is 6.07 Å². The molecule has 1 aliphatic carbocycles. The summed E-state index contributed by atoms with van der Waals surface area (Å²) in [6, 6.07) is 7.99. The highest BCUT2D eigenvalue weighted by Crippen LogP contribution is 2.37. The van der Waals surface area contributed by atoms with Gasteiger partial charge in [-0.1, -0.05) is 32.4 Å². The summed E-state index contributed by atoms with van der Waals surface area (Å²) in [4.78, 5) is 41.6. The van der Waals surface area contributed by atoms with Gasteiger partial charge in [0.2, 0.25) is 5.91 Å². The van der Waals surface area contributed by atoms with Crippen molar-refractivity contribution >= 4 is 34.1 Å². The Balaban J connectivity index is 1.65. The molecule has 0 saturated heterocycles. The summed E-state index contributed by atoms with van der Waals surface area (Å²) in [6.45, 7) is 3.90. The van der Waals surface area contributed by atoms with E-state index < -0.39 is 23.8 Å². The molecule has 1 aliphatic heterocycles. The lowest BCUT2D eigenvalue weighted by molar-refractivity contribution is -0.120. The Morgan fingerprint density at radius 3 is 2.39 bits per heavy atom. The molecule has 0 unspecified atom stereocenters. The Kier molecular flexibility index (Phi) is 5.92. The Hall–Kier alpha value is -2.98. The predicted octanol–water partition coefficient (Wildman–Crippen LogP) is 4.54. The van der Waals surface area contributed by atoms with Crippen molar-refractivity contribution in [2.45, 2.75) is 58.4 Å². The maximum Gasteiger partial charge on any atom is 0.262 e. The van der Waals surface area contributed by atoms with Crippen LogP contribution in [0.4, 0.5) is 5.00 Å². The second kappa shape index (κ2) is 8.64. The van der Waals surface area contributed by atoms with Crippen LogP contribution in [0.3, 0.4) is 0 Å². The molecule has 0 radical (unpaired) electrons. The van der Waals surface area contributed by atoms with Crippen molar-refractivity contribution in [2.75, 3.05) is 5.32 Å². The molecule has 0 spiro atoms. The van der Waals surface area contributed by atoms with Crippen LogP contribution in [0.15, 0.2) is 24.3 Å². The number of nitrogens with one attached hydrogen (secondary N) is 1. The maximum absolute atomic E-state index is 13.4. The Labute approximate surface area is 185 Å². The van der Waals surface area contributed by atoms with Crippen molar-refractivity contribution in [2.24, 2.45) is 5.92 Å². The van der Waals surface area contributed by atoms with Gasteiger partial charge in [0.25, 0.3) is 11.8 Å². The summed E-state index contributed by atoms with van der Waals surface area (Å²) in [6.07, 6.45) is 5.37. The number of hydrogen-bond donors (Lipinski definition) is 1. The average Bonchev–Trinajstić information content (AvgIpc) is 3.08. The highest BCUT2D eigenvalue weighted by molar-refractivity contribution is 7.16. The molecule has 31 heavy (non-hydrogen) atoms. The minimum Gasteiger partial charge on any atom is -0.315 e. The number of thiophene rings is 1. The van der Waals surface area contributed by atoms with Gasteiger partial charge in [0, 0.05) is 4.88 Å². The van der Waals surface area contributed by atoms with Gasteiger partial charge in [-0.25, -0.2) is 0 Å². The number of imide groups is 1. The summed E-state index contributed by atoms with van der Waals surface area (Å²) in [5, 5.41) is 13.2. The van der Waals surface area contributed by atoms with Crippen molar-refractivity contribution in [3.05, 3.63) is 51.4 Å². The third kappa shape index (κ3) is 3.88. The third-order valence-corrected chi connectivity index (χ3v) is 7.11. The fraction of sp³-hybridized carbons (Fsp3) is 0.417. The van der Waals surface area contributed by atoms with Crippen molar-refractivity contribution in [3.63, 3.8) is 0 Å². The smallest absolute Gasteiger partial charge is 0.262 e. The number of fused-ring (bicyclic) bond motifs is 2. The van der Waals surface area contributed by atoms with Crippen LogP contribution in [-0.2, 0) is 17.6 Å². The molecule has 2 aliphatic rings. The van der Waals surface area contributed by atoms with Crippen molar-refractivity contribution in [1.29, 1.82) is 5.26 Å². The van der Waals surface area contributed by atoms with Crippen molar-refractivity contribution < 1.29 is 14.4 Å². The van der Waals surface area contributed by atoms with Gasteiger partial charge >= 0.3 is 0 Å². The molecule has 0 fully saturated rings. The number of anilines is 1. The quantitative estimate of drug-likeness (QED) is 0.551. The summed E-state index contributed by atoms with van der Waals surface area (Å²) in [7, 11) is 0. The molecule has 1 atom stereocenters. The van der Waals surface area contributed by atoms with Gasteiger partial charge in [0.1, 0.15) is 17.1 Å². The van der Waals surface area contributed by atoms with E-state index in [1.54, 1.807) is 24.3 Å². The number of nitrogens with zero attached hydrogens (tertiary/aromatic N) is 2. The van der Waals surface area contributed by atoms with Gasteiger partial charge in [0.15, 0.2) is 0 Å². The number of benzene rings is 1. The largest absolute Gasteiger partial charge is 0.315 e. The summed E-state index contributed by atoms with van der Waals surface area (Å²) in [5.74, 6) is -1.21. The number of aryl methyl sites for hydroxylation is 1. The van der Waals surface area contributed by atoms with E-state index in [9.17, 15) is 19.6 Å². The van der Waals surface area contributed by atoms with E-state index >= 15 is 0 Å². The zero-order chi connectivity index (χ0) is 22.1. The first-order chi connectivity index (χ1) is 14.9. The topological polar surface area (TPSA) is 90.3 Å². The average molecular weight is 436 g/mol. The SMILES string of the molecule is CC(C)C[C@H](C(=O)Nc1sc2c(c1C#N)CCCCC2)N1C(=O)c2ccccc2C1=O. The second-order valence-corrected chi connectivity index (χ2v) is 9.65. The summed E-state index contributed by atoms with van der Waals surface area (Å²) in [5.41, 5.74) is 2.23. The van der Waals surface area contributed by atoms with Crippen LogP contribution in [0.1, 0.15) is 76.3 Å². The molecule has 3 amide bonds. The third-order valence-electron chi connectivity index (χ3n) is 5.90. The fourth-order valence-electron chi connectivity index (χ4n) is 4.41. The Bertz CT molecular complexity index is 1060. The number of rotatable bonds is 5. The number of amides is 3. The van der Waals surface area contributed by atoms with Gasteiger partial charge in [0.05, 0.1) is 16.7 Å². The number of carbonyl (C=O) groups excluding carboxylic acids is 3. The molecular formula is C24H25N3O3S. The van der Waals surface area contributed by atoms with Crippen LogP contribution in [0, 0.1) is 17.2 Å². The van der Waals surface area contributed by atoms with Crippen LogP contribution >= 0.6 is 11.3 Å². The van der Waals surface area contributed by atoms with Crippen LogP contribution in [0.2, 0.25) is 0 Å². The molecular weight excluding hydrogens is 410 g/mol. The molecule has 1 aromatic heterocycles. The molecule has 0 saturated carbocycles. The van der Waals surface area contributed by atoms with E-state index in [-0.39, 0.29) is 5.92 Å². The lowest BCUT2D eigenvalue weighted by Gasteiger charge is -2.26. The molecule has 1 aromatic carbocycles. The van der Waals surface area contributed by atoms with Crippen LogP contribution in [0.25, 0.3) is 0 Å². The standard InChI is InChI=1S/C24H25N3O3S/c1-14(2)12-19(27-23(29)16-9-6-7-10-17(16)24(27)30)21(28)26-22-18(13-25)15-8-4-3-5-11-20(15)31-22/h6-7,9-10,14,19H,3-5,8,11-12H2,1-2H3,(H,26,28)/t19-/m1/s1. The number of carbonyl (C=O) groups is 3. The first-order valence-electron chi connectivity index (χ1n) is 10.7. The first kappa shape index (κ1) is 21.3. The van der Waals surface area contributed by atoms with E-state index in [2.05, 4.69) is 11.4 Å². The zero-order valence-electron chi connectivity index (χ0n) is 17.7. The van der Waals surface area contributed by atoms with Gasteiger partial charge in [-0.3, -0.25) is 19.3 Å². The van der Waals surface area contributed by atoms with E-state index in [1.165, 1.54) is 11.3 Å². The molecule has 0 bridgehead atoms. The lowest BCUT2D eigenvalue weighted by Crippen LogP contribution is -2.47. The Morgan fingerprint density at radius 2 is 1.77 bits per heavy atom. The molecule has 4 rings (SSSR count). The van der Waals surface area contributed by atoms with Gasteiger partial charge in [-0.2, -0.15) is 5.26 Å². The summed E-state index contributed by atoms with van der Waals surface area (Å²) >= 11 is 1.45. The van der Waals surface area contributed by atoms with Crippen LogP contribution in [-0.4, -0.2) is 28.7 Å². The molecule has 6 nitrogen and oxygen atoms in total. The number of hydrogen-bond acceptors (Lipinski definition) is 5. The number of nitriles is 1. The normalized spacial score (nSPS) is 16.5. The zero-order valence-corrected chi connectivity index (χ0v) is 18.6. The van der Waals surface area contributed by atoms with E-state index in [0.717, 1.165) is 47.4 Å². The van der Waals surface area contributed by atoms with Gasteiger partial charge in [-0.05, 0) is 55.7 Å². The summed E-state index contributed by atoms with van der Waals surface area (Å²) < 4.78 is 0. The Morgan fingerprint density at radius 1 is 1.13 bits per heavy atom. The maximum atomic E-state index is 13.4. The highest BCUT2D eigenvalue weighted by atomic mass is 32.1. The van der Waals surface area contributed by atoms with E-state index in [1.807, 2.05) is 13.8 Å². The monoisotopic (exact) mass is 435 g/mol. The second-order valence-electron chi connectivity index (χ2n) is 8.54. The molecule has 2 heterocycles. The van der Waals surface area contributed by atoms with E-state index in [4.69, 9.17) is 0 Å². The highest BCUT2D eigenvalue weighted by Gasteiger charge is 2.43.